The average molecular weight is 242 g/mol. The molecule has 0 radical (unpaired) electrons. The van der Waals surface area contributed by atoms with Crippen LogP contribution >= 0.6 is 0 Å². The van der Waals surface area contributed by atoms with Crippen LogP contribution in [0.3, 0.4) is 0 Å². The highest BCUT2D eigenvalue weighted by Crippen LogP contribution is 2.49. The van der Waals surface area contributed by atoms with E-state index in [4.69, 9.17) is 0 Å². The molecule has 2 rings (SSSR count). The summed E-state index contributed by atoms with van der Waals surface area (Å²) in [7, 11) is 0. The molecule has 0 saturated heterocycles. The maximum atomic E-state index is 11.6. The molecule has 1 aliphatic carbocycles. The number of carboxylic acid groups (broad SMARTS) is 1. The highest BCUT2D eigenvalue weighted by molar-refractivity contribution is 5.75. The molecule has 0 saturated carbocycles. The van der Waals surface area contributed by atoms with Gasteiger partial charge in [-0.1, -0.05) is 36.4 Å². The first-order valence-electron chi connectivity index (χ1n) is 6.24. The molecule has 0 fully saturated rings. The summed E-state index contributed by atoms with van der Waals surface area (Å²) in [6.45, 7) is 7.50. The van der Waals surface area contributed by atoms with Gasteiger partial charge in [0.2, 0.25) is 0 Å². The van der Waals surface area contributed by atoms with Gasteiger partial charge in [-0.2, -0.15) is 0 Å². The van der Waals surface area contributed by atoms with Gasteiger partial charge in [-0.3, -0.25) is 4.79 Å². The van der Waals surface area contributed by atoms with E-state index in [2.05, 4.69) is 13.2 Å². The number of allylic oxidation sites excluding steroid dienone is 2. The zero-order valence-electron chi connectivity index (χ0n) is 10.4. The Bertz CT molecular complexity index is 439. The quantitative estimate of drug-likeness (QED) is 0.799. The van der Waals surface area contributed by atoms with E-state index in [-0.39, 0.29) is 17.8 Å². The highest BCUT2D eigenvalue weighted by Gasteiger charge is 2.43. The van der Waals surface area contributed by atoms with E-state index in [0.717, 1.165) is 11.1 Å². The molecule has 0 heterocycles. The van der Waals surface area contributed by atoms with E-state index in [1.807, 2.05) is 36.4 Å². The van der Waals surface area contributed by atoms with Gasteiger partial charge in [-0.15, -0.1) is 13.2 Å². The second-order valence-corrected chi connectivity index (χ2v) is 4.75. The minimum atomic E-state index is -0.718. The SMILES string of the molecule is C=CCC1c2ccccc2C(CC=C)C1C(=O)O. The maximum absolute atomic E-state index is 11.6. The minimum Gasteiger partial charge on any atom is -0.481 e. The van der Waals surface area contributed by atoms with Gasteiger partial charge in [0.05, 0.1) is 5.92 Å². The van der Waals surface area contributed by atoms with Crippen LogP contribution in [-0.4, -0.2) is 11.1 Å². The maximum Gasteiger partial charge on any atom is 0.307 e. The van der Waals surface area contributed by atoms with Crippen molar-refractivity contribution in [3.8, 4) is 0 Å². The number of aliphatic carboxylic acids is 1. The van der Waals surface area contributed by atoms with Crippen LogP contribution in [0, 0.1) is 5.92 Å². The molecule has 0 amide bonds. The Balaban J connectivity index is 2.48. The lowest BCUT2D eigenvalue weighted by Crippen LogP contribution is -2.22. The van der Waals surface area contributed by atoms with E-state index in [9.17, 15) is 9.90 Å². The van der Waals surface area contributed by atoms with Crippen LogP contribution in [0.5, 0.6) is 0 Å². The number of rotatable bonds is 5. The van der Waals surface area contributed by atoms with Crippen molar-refractivity contribution >= 4 is 5.97 Å². The second-order valence-electron chi connectivity index (χ2n) is 4.75. The van der Waals surface area contributed by atoms with E-state index in [1.165, 1.54) is 0 Å². The molecule has 2 heteroatoms. The molecular weight excluding hydrogens is 224 g/mol. The number of hydrogen-bond donors (Lipinski definition) is 1. The molecule has 1 aromatic rings. The molecule has 18 heavy (non-hydrogen) atoms. The van der Waals surface area contributed by atoms with Crippen LogP contribution in [0.15, 0.2) is 49.6 Å². The molecule has 94 valence electrons. The van der Waals surface area contributed by atoms with E-state index < -0.39 is 5.97 Å². The summed E-state index contributed by atoms with van der Waals surface area (Å²) in [6, 6.07) is 8.04. The molecule has 0 bridgehead atoms. The van der Waals surface area contributed by atoms with Crippen molar-refractivity contribution in [1.82, 2.24) is 0 Å². The number of hydrogen-bond acceptors (Lipinski definition) is 1. The fourth-order valence-electron chi connectivity index (χ4n) is 3.10. The zero-order valence-corrected chi connectivity index (χ0v) is 10.4. The van der Waals surface area contributed by atoms with Crippen LogP contribution in [0.1, 0.15) is 35.8 Å². The third-order valence-electron chi connectivity index (χ3n) is 3.79. The van der Waals surface area contributed by atoms with Crippen molar-refractivity contribution in [2.75, 3.05) is 0 Å². The summed E-state index contributed by atoms with van der Waals surface area (Å²) in [6.07, 6.45) is 5.05. The lowest BCUT2D eigenvalue weighted by Gasteiger charge is -2.19. The third kappa shape index (κ3) is 1.99. The first kappa shape index (κ1) is 12.6. The first-order valence-corrected chi connectivity index (χ1v) is 6.24. The average Bonchev–Trinajstić information content (AvgIpc) is 2.66. The fraction of sp³-hybridized carbons (Fsp3) is 0.312. The van der Waals surface area contributed by atoms with Crippen LogP contribution in [0.25, 0.3) is 0 Å². The van der Waals surface area contributed by atoms with Gasteiger partial charge in [0.15, 0.2) is 0 Å². The van der Waals surface area contributed by atoms with Crippen molar-refractivity contribution in [3.63, 3.8) is 0 Å². The van der Waals surface area contributed by atoms with E-state index >= 15 is 0 Å². The number of benzene rings is 1. The van der Waals surface area contributed by atoms with E-state index in [1.54, 1.807) is 0 Å². The normalized spacial score (nSPS) is 25.4. The summed E-state index contributed by atoms with van der Waals surface area (Å²) < 4.78 is 0. The van der Waals surface area contributed by atoms with Gasteiger partial charge < -0.3 is 5.11 Å². The topological polar surface area (TPSA) is 37.3 Å². The van der Waals surface area contributed by atoms with Crippen molar-refractivity contribution in [2.45, 2.75) is 24.7 Å². The molecule has 0 spiro atoms. The zero-order chi connectivity index (χ0) is 13.1. The standard InChI is InChI=1S/C16H18O2/c1-3-7-13-11-9-5-6-10-12(11)14(8-4-2)15(13)16(17)18/h3-6,9-10,13-15H,1-2,7-8H2,(H,17,18). The molecule has 2 atom stereocenters. The van der Waals surface area contributed by atoms with Crippen LogP contribution in [0.4, 0.5) is 0 Å². The molecule has 0 aliphatic heterocycles. The molecular formula is C16H18O2. The Morgan fingerprint density at radius 2 is 1.56 bits per heavy atom. The molecule has 2 unspecified atom stereocenters. The minimum absolute atomic E-state index is 0.0427. The Labute approximate surface area is 108 Å². The lowest BCUT2D eigenvalue weighted by atomic mass is 9.83. The van der Waals surface area contributed by atoms with Crippen LogP contribution < -0.4 is 0 Å². The Morgan fingerprint density at radius 3 is 1.89 bits per heavy atom. The predicted molar refractivity (Wildman–Crippen MR) is 72.7 cm³/mol. The van der Waals surface area contributed by atoms with Gasteiger partial charge in [0.25, 0.3) is 0 Å². The third-order valence-corrected chi connectivity index (χ3v) is 3.79. The number of fused-ring (bicyclic) bond motifs is 1. The molecule has 1 N–H and O–H groups in total. The number of carboxylic acids is 1. The van der Waals surface area contributed by atoms with Gasteiger partial charge in [-0.25, -0.2) is 0 Å². The Kier molecular flexibility index (Phi) is 3.66. The fourth-order valence-corrected chi connectivity index (χ4v) is 3.10. The molecule has 1 aromatic carbocycles. The Hall–Kier alpha value is -1.83. The summed E-state index contributed by atoms with van der Waals surface area (Å²) in [5, 5.41) is 9.51. The summed E-state index contributed by atoms with van der Waals surface area (Å²) in [4.78, 5) is 11.6. The summed E-state index contributed by atoms with van der Waals surface area (Å²) in [5.74, 6) is -0.995. The highest BCUT2D eigenvalue weighted by atomic mass is 16.4. The van der Waals surface area contributed by atoms with Gasteiger partial charge in [0, 0.05) is 11.8 Å². The lowest BCUT2D eigenvalue weighted by molar-refractivity contribution is -0.143. The molecule has 1 aliphatic rings. The van der Waals surface area contributed by atoms with Gasteiger partial charge >= 0.3 is 5.97 Å². The summed E-state index contributed by atoms with van der Waals surface area (Å²) in [5.41, 5.74) is 2.33. The molecule has 2 nitrogen and oxygen atoms in total. The molecule has 0 aromatic heterocycles. The van der Waals surface area contributed by atoms with Crippen molar-refractivity contribution in [1.29, 1.82) is 0 Å². The van der Waals surface area contributed by atoms with Gasteiger partial charge in [-0.05, 0) is 24.0 Å². The predicted octanol–water partition coefficient (Wildman–Crippen LogP) is 3.72. The number of carbonyl (C=O) groups is 1. The van der Waals surface area contributed by atoms with Crippen molar-refractivity contribution in [3.05, 3.63) is 60.7 Å². The summed E-state index contributed by atoms with van der Waals surface area (Å²) >= 11 is 0. The largest absolute Gasteiger partial charge is 0.481 e. The monoisotopic (exact) mass is 242 g/mol. The van der Waals surface area contributed by atoms with Crippen LogP contribution in [-0.2, 0) is 4.79 Å². The first-order chi connectivity index (χ1) is 8.70. The van der Waals surface area contributed by atoms with E-state index in [0.29, 0.717) is 12.8 Å². The smallest absolute Gasteiger partial charge is 0.307 e. The second kappa shape index (κ2) is 5.21. The van der Waals surface area contributed by atoms with Crippen molar-refractivity contribution in [2.24, 2.45) is 5.92 Å². The van der Waals surface area contributed by atoms with Gasteiger partial charge in [0.1, 0.15) is 0 Å². The van der Waals surface area contributed by atoms with Crippen LogP contribution in [0.2, 0.25) is 0 Å². The Morgan fingerprint density at radius 1 is 1.11 bits per heavy atom. The van der Waals surface area contributed by atoms with Crippen molar-refractivity contribution < 1.29 is 9.90 Å².